The molecule has 0 bridgehead atoms. The maximum atomic E-state index is 13.4. The zero-order chi connectivity index (χ0) is 16.8. The Bertz CT molecular complexity index is 894. The summed E-state index contributed by atoms with van der Waals surface area (Å²) in [5, 5.41) is 3.10. The van der Waals surface area contributed by atoms with Crippen LogP contribution >= 0.6 is 11.8 Å². The molecule has 0 fully saturated rings. The van der Waals surface area contributed by atoms with Gasteiger partial charge in [0.2, 0.25) is 5.91 Å². The monoisotopic (exact) mass is 340 g/mol. The van der Waals surface area contributed by atoms with Crippen molar-refractivity contribution in [3.63, 3.8) is 0 Å². The molecule has 4 nitrogen and oxygen atoms in total. The molecule has 24 heavy (non-hydrogen) atoms. The van der Waals surface area contributed by atoms with Crippen molar-refractivity contribution in [3.8, 4) is 11.8 Å². The van der Waals surface area contributed by atoms with Gasteiger partial charge >= 0.3 is 0 Å². The summed E-state index contributed by atoms with van der Waals surface area (Å²) in [7, 11) is 0. The van der Waals surface area contributed by atoms with Crippen LogP contribution in [0, 0.1) is 17.7 Å². The number of halogens is 1. The molecule has 2 aromatic carbocycles. The first-order valence-electron chi connectivity index (χ1n) is 7.21. The van der Waals surface area contributed by atoms with E-state index in [-0.39, 0.29) is 24.0 Å². The standard InChI is InChI=1S/C18H13FN2O2S/c19-14-8-2-1-6-13(14)7-5-11-20-17(22)12-24-18-21-15-9-3-4-10-16(15)23-18/h1-4,6,8-10H,11-12H2,(H,20,22). The summed E-state index contributed by atoms with van der Waals surface area (Å²) >= 11 is 1.21. The van der Waals surface area contributed by atoms with Gasteiger partial charge in [0.05, 0.1) is 17.9 Å². The van der Waals surface area contributed by atoms with Gasteiger partial charge in [0.15, 0.2) is 5.58 Å². The number of oxazole rings is 1. The Hall–Kier alpha value is -2.78. The van der Waals surface area contributed by atoms with Gasteiger partial charge in [-0.05, 0) is 24.3 Å². The van der Waals surface area contributed by atoms with Crippen LogP contribution in [0.5, 0.6) is 0 Å². The van der Waals surface area contributed by atoms with Gasteiger partial charge in [-0.15, -0.1) is 0 Å². The highest BCUT2D eigenvalue weighted by Crippen LogP contribution is 2.22. The quantitative estimate of drug-likeness (QED) is 0.585. The second-order valence-corrected chi connectivity index (χ2v) is 5.72. The second kappa shape index (κ2) is 7.66. The van der Waals surface area contributed by atoms with Gasteiger partial charge in [0.25, 0.3) is 5.22 Å². The summed E-state index contributed by atoms with van der Waals surface area (Å²) in [4.78, 5) is 16.0. The molecule has 6 heteroatoms. The second-order valence-electron chi connectivity index (χ2n) is 4.79. The lowest BCUT2D eigenvalue weighted by Gasteiger charge is -1.98. The number of para-hydroxylation sites is 2. The van der Waals surface area contributed by atoms with E-state index in [1.165, 1.54) is 17.8 Å². The van der Waals surface area contributed by atoms with E-state index in [1.807, 2.05) is 24.3 Å². The Balaban J connectivity index is 1.47. The molecule has 0 radical (unpaired) electrons. The van der Waals surface area contributed by atoms with Gasteiger partial charge in [0, 0.05) is 0 Å². The topological polar surface area (TPSA) is 55.1 Å². The van der Waals surface area contributed by atoms with E-state index in [4.69, 9.17) is 4.42 Å². The number of thioether (sulfide) groups is 1. The fraction of sp³-hybridized carbons (Fsp3) is 0.111. The van der Waals surface area contributed by atoms with Crippen LogP contribution in [-0.2, 0) is 4.79 Å². The minimum absolute atomic E-state index is 0.154. The average molecular weight is 340 g/mol. The number of hydrogen-bond donors (Lipinski definition) is 1. The highest BCUT2D eigenvalue weighted by molar-refractivity contribution is 7.99. The van der Waals surface area contributed by atoms with Crippen LogP contribution in [0.3, 0.4) is 0 Å². The summed E-state index contributed by atoms with van der Waals surface area (Å²) in [5.41, 5.74) is 1.76. The van der Waals surface area contributed by atoms with Crippen LogP contribution in [0.2, 0.25) is 0 Å². The third-order valence-corrected chi connectivity index (χ3v) is 3.90. The molecule has 1 amide bonds. The zero-order valence-corrected chi connectivity index (χ0v) is 13.4. The molecule has 3 rings (SSSR count). The van der Waals surface area contributed by atoms with Crippen molar-refractivity contribution in [3.05, 3.63) is 59.9 Å². The molecular weight excluding hydrogens is 327 g/mol. The molecular formula is C18H13FN2O2S. The third kappa shape index (κ3) is 4.15. The number of nitrogens with one attached hydrogen (secondary N) is 1. The van der Waals surface area contributed by atoms with Gasteiger partial charge < -0.3 is 9.73 Å². The van der Waals surface area contributed by atoms with E-state index in [2.05, 4.69) is 22.1 Å². The number of carbonyl (C=O) groups is 1. The Morgan fingerprint density at radius 3 is 2.83 bits per heavy atom. The number of fused-ring (bicyclic) bond motifs is 1. The summed E-state index contributed by atoms with van der Waals surface area (Å²) < 4.78 is 18.9. The molecule has 0 saturated heterocycles. The Kier molecular flexibility index (Phi) is 5.14. The first-order chi connectivity index (χ1) is 11.7. The Labute approximate surface area is 142 Å². The highest BCUT2D eigenvalue weighted by Gasteiger charge is 2.08. The van der Waals surface area contributed by atoms with Crippen molar-refractivity contribution < 1.29 is 13.6 Å². The minimum Gasteiger partial charge on any atom is -0.431 e. The summed E-state index contributed by atoms with van der Waals surface area (Å²) in [6, 6.07) is 13.7. The number of rotatable bonds is 4. The van der Waals surface area contributed by atoms with Crippen molar-refractivity contribution in [2.45, 2.75) is 5.22 Å². The van der Waals surface area contributed by atoms with Gasteiger partial charge in [0.1, 0.15) is 11.3 Å². The van der Waals surface area contributed by atoms with Crippen LogP contribution < -0.4 is 5.32 Å². The van der Waals surface area contributed by atoms with Crippen LogP contribution in [-0.4, -0.2) is 23.2 Å². The molecule has 120 valence electrons. The van der Waals surface area contributed by atoms with Crippen LogP contribution in [0.25, 0.3) is 11.1 Å². The smallest absolute Gasteiger partial charge is 0.257 e. The van der Waals surface area contributed by atoms with E-state index in [1.54, 1.807) is 18.2 Å². The molecule has 0 aliphatic carbocycles. The predicted octanol–water partition coefficient (Wildman–Crippen LogP) is 3.23. The number of carbonyl (C=O) groups excluding carboxylic acids is 1. The molecule has 0 saturated carbocycles. The van der Waals surface area contributed by atoms with E-state index in [0.717, 1.165) is 5.52 Å². The summed E-state index contributed by atoms with van der Waals surface area (Å²) in [6.07, 6.45) is 0. The number of amides is 1. The average Bonchev–Trinajstić information content (AvgIpc) is 3.01. The summed E-state index contributed by atoms with van der Waals surface area (Å²) in [5.74, 6) is 5.02. The van der Waals surface area contributed by atoms with Crippen molar-refractivity contribution >= 4 is 28.8 Å². The third-order valence-electron chi connectivity index (χ3n) is 3.07. The van der Waals surface area contributed by atoms with Gasteiger partial charge in [-0.25, -0.2) is 9.37 Å². The van der Waals surface area contributed by atoms with Crippen molar-refractivity contribution in [1.29, 1.82) is 0 Å². The molecule has 0 atom stereocenters. The molecule has 3 aromatic rings. The van der Waals surface area contributed by atoms with Crippen LogP contribution in [0.4, 0.5) is 4.39 Å². The molecule has 0 spiro atoms. The predicted molar refractivity (Wildman–Crippen MR) is 91.0 cm³/mol. The normalized spacial score (nSPS) is 10.2. The SMILES string of the molecule is O=C(CSc1nc2ccccc2o1)NCC#Cc1ccccc1F. The van der Waals surface area contributed by atoms with Crippen LogP contribution in [0.15, 0.2) is 58.2 Å². The number of aromatic nitrogens is 1. The molecule has 0 aliphatic rings. The molecule has 0 unspecified atom stereocenters. The van der Waals surface area contributed by atoms with E-state index in [0.29, 0.717) is 16.4 Å². The number of nitrogens with zero attached hydrogens (tertiary/aromatic N) is 1. The molecule has 0 aliphatic heterocycles. The Morgan fingerprint density at radius 1 is 1.21 bits per heavy atom. The fourth-order valence-corrected chi connectivity index (χ4v) is 2.60. The summed E-state index contributed by atoms with van der Waals surface area (Å²) in [6.45, 7) is 0.154. The minimum atomic E-state index is -0.372. The largest absolute Gasteiger partial charge is 0.431 e. The highest BCUT2D eigenvalue weighted by atomic mass is 32.2. The first kappa shape index (κ1) is 16.1. The molecule has 1 aromatic heterocycles. The van der Waals surface area contributed by atoms with Crippen LogP contribution in [0.1, 0.15) is 5.56 Å². The first-order valence-corrected chi connectivity index (χ1v) is 8.19. The Morgan fingerprint density at radius 2 is 2.00 bits per heavy atom. The van der Waals surface area contributed by atoms with Gasteiger partial charge in [-0.2, -0.15) is 0 Å². The number of hydrogen-bond acceptors (Lipinski definition) is 4. The van der Waals surface area contributed by atoms with Gasteiger partial charge in [-0.1, -0.05) is 47.9 Å². The molecule has 1 N–H and O–H groups in total. The molecule has 1 heterocycles. The van der Waals surface area contributed by atoms with Crippen molar-refractivity contribution in [2.24, 2.45) is 0 Å². The number of benzene rings is 2. The van der Waals surface area contributed by atoms with E-state index >= 15 is 0 Å². The lowest BCUT2D eigenvalue weighted by Crippen LogP contribution is -2.25. The lowest BCUT2D eigenvalue weighted by molar-refractivity contribution is -0.118. The van der Waals surface area contributed by atoms with E-state index < -0.39 is 0 Å². The van der Waals surface area contributed by atoms with Crippen molar-refractivity contribution in [2.75, 3.05) is 12.3 Å². The van der Waals surface area contributed by atoms with Crippen molar-refractivity contribution in [1.82, 2.24) is 10.3 Å². The zero-order valence-electron chi connectivity index (χ0n) is 12.6. The lowest BCUT2D eigenvalue weighted by atomic mass is 10.2. The van der Waals surface area contributed by atoms with Gasteiger partial charge in [-0.3, -0.25) is 4.79 Å². The fourth-order valence-electron chi connectivity index (χ4n) is 1.94. The maximum absolute atomic E-state index is 13.4. The van der Waals surface area contributed by atoms with E-state index in [9.17, 15) is 9.18 Å². The maximum Gasteiger partial charge on any atom is 0.257 e.